The van der Waals surface area contributed by atoms with E-state index in [1.54, 1.807) is 0 Å². The second-order valence-corrected chi connectivity index (χ2v) is 4.55. The number of carbonyl (C=O) groups is 1. The number of aliphatic carboxylic acids is 1. The number of alkyl halides is 3. The van der Waals surface area contributed by atoms with Crippen molar-refractivity contribution in [2.45, 2.75) is 12.3 Å². The van der Waals surface area contributed by atoms with E-state index in [9.17, 15) is 27.5 Å². The van der Waals surface area contributed by atoms with Gasteiger partial charge in [-0.1, -0.05) is 18.2 Å². The van der Waals surface area contributed by atoms with Crippen LogP contribution in [0.1, 0.15) is 17.2 Å². The zero-order valence-electron chi connectivity index (χ0n) is 10.9. The Morgan fingerprint density at radius 3 is 2.23 bits per heavy atom. The molecule has 0 amide bonds. The molecule has 0 aromatic heterocycles. The first-order valence-corrected chi connectivity index (χ1v) is 6.08. The number of carboxylic acid groups (broad SMARTS) is 1. The molecule has 0 spiro atoms. The number of aliphatic hydroxyl groups is 1. The maximum atomic E-state index is 13.2. The molecule has 0 radical (unpaired) electrons. The molecule has 2 N–H and O–H groups in total. The molecule has 2 aromatic rings. The van der Waals surface area contributed by atoms with Crippen LogP contribution in [0.4, 0.5) is 17.6 Å². The zero-order valence-corrected chi connectivity index (χ0v) is 10.9. The SMILES string of the molecule is O=C(O)C(O)c1cc(-c2cccc(F)c2)ccc1C(F)(F)F. The van der Waals surface area contributed by atoms with E-state index in [0.29, 0.717) is 6.07 Å². The van der Waals surface area contributed by atoms with E-state index in [1.807, 2.05) is 0 Å². The fourth-order valence-corrected chi connectivity index (χ4v) is 2.03. The maximum Gasteiger partial charge on any atom is 0.416 e. The standard InChI is InChI=1S/C15H10F4O3/c16-10-3-1-2-8(6-10)9-4-5-12(15(17,18)19)11(7-9)13(20)14(21)22/h1-7,13,20H,(H,21,22). The summed E-state index contributed by atoms with van der Waals surface area (Å²) in [6.45, 7) is 0. The Hall–Kier alpha value is -2.41. The number of halogens is 4. The molecule has 0 fully saturated rings. The van der Waals surface area contributed by atoms with Gasteiger partial charge in [0, 0.05) is 5.56 Å². The Labute approximate surface area is 122 Å². The summed E-state index contributed by atoms with van der Waals surface area (Å²) >= 11 is 0. The lowest BCUT2D eigenvalue weighted by Gasteiger charge is -2.16. The van der Waals surface area contributed by atoms with Crippen LogP contribution in [-0.2, 0) is 11.0 Å². The van der Waals surface area contributed by atoms with E-state index in [0.717, 1.165) is 18.2 Å². The largest absolute Gasteiger partial charge is 0.479 e. The Kier molecular flexibility index (Phi) is 4.18. The number of hydrogen-bond acceptors (Lipinski definition) is 2. The van der Waals surface area contributed by atoms with Gasteiger partial charge in [0.2, 0.25) is 0 Å². The van der Waals surface area contributed by atoms with Crippen LogP contribution in [0.5, 0.6) is 0 Å². The van der Waals surface area contributed by atoms with E-state index >= 15 is 0 Å². The lowest BCUT2D eigenvalue weighted by atomic mass is 9.95. The van der Waals surface area contributed by atoms with Crippen LogP contribution < -0.4 is 0 Å². The number of aliphatic hydroxyl groups excluding tert-OH is 1. The van der Waals surface area contributed by atoms with Crippen molar-refractivity contribution in [3.63, 3.8) is 0 Å². The van der Waals surface area contributed by atoms with Crippen molar-refractivity contribution < 1.29 is 32.6 Å². The summed E-state index contributed by atoms with van der Waals surface area (Å²) in [6.07, 6.45) is -7.14. The second-order valence-electron chi connectivity index (χ2n) is 4.55. The molecule has 1 atom stereocenters. The van der Waals surface area contributed by atoms with Crippen LogP contribution in [0, 0.1) is 5.82 Å². The predicted molar refractivity (Wildman–Crippen MR) is 69.4 cm³/mol. The molecule has 0 saturated carbocycles. The highest BCUT2D eigenvalue weighted by molar-refractivity contribution is 5.76. The molecule has 22 heavy (non-hydrogen) atoms. The number of carboxylic acids is 1. The van der Waals surface area contributed by atoms with Crippen LogP contribution in [-0.4, -0.2) is 16.2 Å². The Bertz CT molecular complexity index is 710. The lowest BCUT2D eigenvalue weighted by molar-refractivity contribution is -0.149. The summed E-state index contributed by atoms with van der Waals surface area (Å²) in [5.41, 5.74) is -1.60. The first-order valence-electron chi connectivity index (χ1n) is 6.08. The van der Waals surface area contributed by atoms with Crippen LogP contribution >= 0.6 is 0 Å². The third-order valence-corrected chi connectivity index (χ3v) is 3.04. The maximum absolute atomic E-state index is 13.2. The third-order valence-electron chi connectivity index (χ3n) is 3.04. The van der Waals surface area contributed by atoms with Crippen molar-refractivity contribution in [1.29, 1.82) is 0 Å². The van der Waals surface area contributed by atoms with Gasteiger partial charge in [-0.15, -0.1) is 0 Å². The number of rotatable bonds is 3. The van der Waals surface area contributed by atoms with Crippen molar-refractivity contribution in [1.82, 2.24) is 0 Å². The summed E-state index contributed by atoms with van der Waals surface area (Å²) in [4.78, 5) is 10.8. The normalized spacial score (nSPS) is 13.0. The summed E-state index contributed by atoms with van der Waals surface area (Å²) in [5.74, 6) is -2.39. The van der Waals surface area contributed by atoms with Gasteiger partial charge in [0.15, 0.2) is 6.10 Å². The monoisotopic (exact) mass is 314 g/mol. The van der Waals surface area contributed by atoms with E-state index in [-0.39, 0.29) is 11.1 Å². The molecule has 0 aliphatic rings. The van der Waals surface area contributed by atoms with Crippen molar-refractivity contribution >= 4 is 5.97 Å². The highest BCUT2D eigenvalue weighted by atomic mass is 19.4. The molecular weight excluding hydrogens is 304 g/mol. The Balaban J connectivity index is 2.61. The van der Waals surface area contributed by atoms with Gasteiger partial charge in [-0.3, -0.25) is 0 Å². The van der Waals surface area contributed by atoms with E-state index in [4.69, 9.17) is 5.11 Å². The quantitative estimate of drug-likeness (QED) is 0.851. The fraction of sp³-hybridized carbons (Fsp3) is 0.133. The molecule has 1 unspecified atom stereocenters. The van der Waals surface area contributed by atoms with Gasteiger partial charge >= 0.3 is 12.1 Å². The van der Waals surface area contributed by atoms with E-state index < -0.39 is 35.2 Å². The Morgan fingerprint density at radius 2 is 1.68 bits per heavy atom. The smallest absolute Gasteiger partial charge is 0.416 e. The molecule has 2 rings (SSSR count). The first-order chi connectivity index (χ1) is 10.2. The summed E-state index contributed by atoms with van der Waals surface area (Å²) in [7, 11) is 0. The van der Waals surface area contributed by atoms with Gasteiger partial charge < -0.3 is 10.2 Å². The van der Waals surface area contributed by atoms with Gasteiger partial charge in [0.05, 0.1) is 5.56 Å². The average Bonchev–Trinajstić information content (AvgIpc) is 2.44. The minimum atomic E-state index is -4.81. The van der Waals surface area contributed by atoms with Crippen molar-refractivity contribution in [2.24, 2.45) is 0 Å². The number of benzene rings is 2. The lowest BCUT2D eigenvalue weighted by Crippen LogP contribution is -2.17. The molecule has 0 aliphatic heterocycles. The van der Waals surface area contributed by atoms with Crippen molar-refractivity contribution in [2.75, 3.05) is 0 Å². The van der Waals surface area contributed by atoms with Crippen molar-refractivity contribution in [3.8, 4) is 11.1 Å². The first kappa shape index (κ1) is 16.0. The minimum Gasteiger partial charge on any atom is -0.479 e. The van der Waals surface area contributed by atoms with Gasteiger partial charge in [0.1, 0.15) is 5.82 Å². The predicted octanol–water partition coefficient (Wildman–Crippen LogP) is 3.63. The topological polar surface area (TPSA) is 57.5 Å². The molecule has 7 heteroatoms. The van der Waals surface area contributed by atoms with Crippen LogP contribution in [0.3, 0.4) is 0 Å². The van der Waals surface area contributed by atoms with Crippen LogP contribution in [0.2, 0.25) is 0 Å². The van der Waals surface area contributed by atoms with E-state index in [1.165, 1.54) is 18.2 Å². The molecule has 3 nitrogen and oxygen atoms in total. The highest BCUT2D eigenvalue weighted by Crippen LogP contribution is 2.37. The third kappa shape index (κ3) is 3.25. The second kappa shape index (κ2) is 5.76. The van der Waals surface area contributed by atoms with Gasteiger partial charge in [-0.2, -0.15) is 13.2 Å². The molecular formula is C15H10F4O3. The van der Waals surface area contributed by atoms with Gasteiger partial charge in [-0.05, 0) is 35.4 Å². The highest BCUT2D eigenvalue weighted by Gasteiger charge is 2.36. The zero-order chi connectivity index (χ0) is 16.5. The molecule has 116 valence electrons. The van der Waals surface area contributed by atoms with Gasteiger partial charge in [0.25, 0.3) is 0 Å². The summed E-state index contributed by atoms with van der Waals surface area (Å²) in [6, 6.07) is 7.76. The average molecular weight is 314 g/mol. The van der Waals surface area contributed by atoms with Crippen LogP contribution in [0.25, 0.3) is 11.1 Å². The van der Waals surface area contributed by atoms with Gasteiger partial charge in [-0.25, -0.2) is 9.18 Å². The van der Waals surface area contributed by atoms with E-state index in [2.05, 4.69) is 0 Å². The minimum absolute atomic E-state index is 0.169. The van der Waals surface area contributed by atoms with Crippen molar-refractivity contribution in [3.05, 3.63) is 59.4 Å². The molecule has 0 saturated heterocycles. The summed E-state index contributed by atoms with van der Waals surface area (Å²) in [5, 5.41) is 18.2. The molecule has 0 bridgehead atoms. The molecule has 2 aromatic carbocycles. The fourth-order valence-electron chi connectivity index (χ4n) is 2.03. The summed E-state index contributed by atoms with van der Waals surface area (Å²) < 4.78 is 51.9. The molecule has 0 heterocycles. The van der Waals surface area contributed by atoms with Crippen LogP contribution in [0.15, 0.2) is 42.5 Å². The number of hydrogen-bond donors (Lipinski definition) is 2. The molecule has 0 aliphatic carbocycles. The Morgan fingerprint density at radius 1 is 1.05 bits per heavy atom.